The molecule has 17 heavy (non-hydrogen) atoms. The molecule has 0 unspecified atom stereocenters. The summed E-state index contributed by atoms with van der Waals surface area (Å²) in [6.07, 6.45) is -5.28. The summed E-state index contributed by atoms with van der Waals surface area (Å²) in [6.45, 7) is 0. The van der Waals surface area contributed by atoms with Gasteiger partial charge in [-0.2, -0.15) is 13.2 Å². The second kappa shape index (κ2) is 3.92. The molecule has 0 aliphatic carbocycles. The maximum absolute atomic E-state index is 12.1. The van der Waals surface area contributed by atoms with Gasteiger partial charge in [0.2, 0.25) is 0 Å². The van der Waals surface area contributed by atoms with E-state index in [1.807, 2.05) is 0 Å². The molecule has 0 aliphatic rings. The van der Waals surface area contributed by atoms with Gasteiger partial charge in [-0.25, -0.2) is 0 Å². The van der Waals surface area contributed by atoms with Crippen LogP contribution in [0.15, 0.2) is 12.1 Å². The smallest absolute Gasteiger partial charge is 0.455 e. The molecule has 0 amide bonds. The summed E-state index contributed by atoms with van der Waals surface area (Å²) in [7, 11) is 0. The van der Waals surface area contributed by atoms with Gasteiger partial charge in [0, 0.05) is 12.1 Å². The van der Waals surface area contributed by atoms with E-state index in [1.165, 1.54) is 0 Å². The van der Waals surface area contributed by atoms with Crippen molar-refractivity contribution < 1.29 is 33.1 Å². The highest BCUT2D eigenvalue weighted by Gasteiger charge is 2.41. The molecule has 0 aliphatic heterocycles. The molecule has 92 valence electrons. The summed E-state index contributed by atoms with van der Waals surface area (Å²) in [5.74, 6) is -4.65. The molecule has 2 N–H and O–H groups in total. The van der Waals surface area contributed by atoms with Crippen LogP contribution in [0.1, 0.15) is 10.4 Å². The highest BCUT2D eigenvalue weighted by Crippen LogP contribution is 2.35. The van der Waals surface area contributed by atoms with Gasteiger partial charge >= 0.3 is 11.9 Å². The first-order chi connectivity index (χ1) is 7.64. The van der Waals surface area contributed by atoms with Crippen LogP contribution in [0.5, 0.6) is 11.5 Å². The third-order valence-corrected chi connectivity index (χ3v) is 1.79. The predicted molar refractivity (Wildman–Crippen MR) is 46.8 cm³/mol. The van der Waals surface area contributed by atoms with Crippen LogP contribution in [0.25, 0.3) is 0 Å². The topological polar surface area (TPSA) is 101 Å². The Morgan fingerprint density at radius 3 is 2.18 bits per heavy atom. The van der Waals surface area contributed by atoms with Crippen LogP contribution in [-0.4, -0.2) is 27.1 Å². The van der Waals surface area contributed by atoms with Crippen LogP contribution in [0.4, 0.5) is 18.9 Å². The molecule has 9 heteroatoms. The quantitative estimate of drug-likeness (QED) is 0.473. The van der Waals surface area contributed by atoms with E-state index in [2.05, 4.69) is 0 Å². The van der Waals surface area contributed by atoms with E-state index in [4.69, 9.17) is 10.2 Å². The van der Waals surface area contributed by atoms with E-state index in [9.17, 15) is 28.1 Å². The SMILES string of the molecule is O=C(c1cc([N+](=O)[O-])c(O)cc1O)C(F)(F)F. The Labute approximate surface area is 91.1 Å². The Morgan fingerprint density at radius 1 is 1.24 bits per heavy atom. The Bertz CT molecular complexity index is 497. The number of hydrogen-bond donors (Lipinski definition) is 2. The monoisotopic (exact) mass is 251 g/mol. The fourth-order valence-corrected chi connectivity index (χ4v) is 1.05. The lowest BCUT2D eigenvalue weighted by Crippen LogP contribution is -2.22. The number of rotatable bonds is 2. The zero-order valence-corrected chi connectivity index (χ0v) is 7.85. The van der Waals surface area contributed by atoms with Crippen LogP contribution < -0.4 is 0 Å². The molecule has 1 rings (SSSR count). The highest BCUT2D eigenvalue weighted by atomic mass is 19.4. The average molecular weight is 251 g/mol. The van der Waals surface area contributed by atoms with Gasteiger partial charge in [-0.05, 0) is 0 Å². The number of carbonyl (C=O) groups excluding carboxylic acids is 1. The number of halogens is 3. The van der Waals surface area contributed by atoms with Crippen molar-refractivity contribution in [3.8, 4) is 11.5 Å². The number of nitro benzene ring substituents is 1. The number of Topliss-reactive ketones (excluding diaryl/α,β-unsaturated/α-hetero) is 1. The van der Waals surface area contributed by atoms with Gasteiger partial charge in [-0.15, -0.1) is 0 Å². The van der Waals surface area contributed by atoms with Crippen LogP contribution in [0, 0.1) is 10.1 Å². The van der Waals surface area contributed by atoms with Gasteiger partial charge in [0.25, 0.3) is 5.78 Å². The second-order valence-corrected chi connectivity index (χ2v) is 2.94. The molecule has 0 radical (unpaired) electrons. The standard InChI is InChI=1S/C8H4F3NO5/c9-8(10,11)7(15)3-1-4(12(16)17)6(14)2-5(3)13/h1-2,13-14H. The summed E-state index contributed by atoms with van der Waals surface area (Å²) in [5.41, 5.74) is -2.39. The van der Waals surface area contributed by atoms with Crippen molar-refractivity contribution in [2.45, 2.75) is 6.18 Å². The van der Waals surface area contributed by atoms with Crippen molar-refractivity contribution in [3.05, 3.63) is 27.8 Å². The number of phenols is 2. The number of alkyl halides is 3. The summed E-state index contributed by atoms with van der Waals surface area (Å²) >= 11 is 0. The maximum Gasteiger partial charge on any atom is 0.455 e. The Kier molecular flexibility index (Phi) is 2.94. The molecule has 6 nitrogen and oxygen atoms in total. The number of aromatic hydroxyl groups is 2. The number of phenolic OH excluding ortho intramolecular Hbond substituents is 2. The largest absolute Gasteiger partial charge is 0.507 e. The lowest BCUT2D eigenvalue weighted by molar-refractivity contribution is -0.385. The van der Waals surface area contributed by atoms with E-state index in [1.54, 1.807) is 0 Å². The number of nitrogens with zero attached hydrogens (tertiary/aromatic N) is 1. The molecular formula is C8H4F3NO5. The van der Waals surface area contributed by atoms with E-state index < -0.39 is 39.6 Å². The molecule has 0 bridgehead atoms. The molecule has 0 saturated carbocycles. The number of nitro groups is 1. The second-order valence-electron chi connectivity index (χ2n) is 2.94. The number of hydrogen-bond acceptors (Lipinski definition) is 5. The van der Waals surface area contributed by atoms with Crippen molar-refractivity contribution in [1.82, 2.24) is 0 Å². The first kappa shape index (κ1) is 12.7. The van der Waals surface area contributed by atoms with Crippen LogP contribution in [0.2, 0.25) is 0 Å². The van der Waals surface area contributed by atoms with Gasteiger partial charge < -0.3 is 10.2 Å². The van der Waals surface area contributed by atoms with Gasteiger partial charge in [0.05, 0.1) is 10.5 Å². The first-order valence-electron chi connectivity index (χ1n) is 3.96. The van der Waals surface area contributed by atoms with E-state index in [0.717, 1.165) is 0 Å². The lowest BCUT2D eigenvalue weighted by atomic mass is 10.1. The highest BCUT2D eigenvalue weighted by molar-refractivity contribution is 6.03. The van der Waals surface area contributed by atoms with Gasteiger partial charge in [-0.3, -0.25) is 14.9 Å². The molecule has 0 spiro atoms. The van der Waals surface area contributed by atoms with E-state index in [-0.39, 0.29) is 6.07 Å². The molecular weight excluding hydrogens is 247 g/mol. The Morgan fingerprint density at radius 2 is 1.76 bits per heavy atom. The third kappa shape index (κ3) is 2.44. The zero-order valence-electron chi connectivity index (χ0n) is 7.85. The van der Waals surface area contributed by atoms with Crippen molar-refractivity contribution in [3.63, 3.8) is 0 Å². The van der Waals surface area contributed by atoms with Crippen molar-refractivity contribution in [1.29, 1.82) is 0 Å². The summed E-state index contributed by atoms with van der Waals surface area (Å²) in [4.78, 5) is 19.9. The Hall–Kier alpha value is -2.32. The van der Waals surface area contributed by atoms with Crippen LogP contribution in [-0.2, 0) is 0 Å². The van der Waals surface area contributed by atoms with E-state index >= 15 is 0 Å². The van der Waals surface area contributed by atoms with Crippen LogP contribution >= 0.6 is 0 Å². The minimum absolute atomic E-state index is 0.167. The normalized spacial score (nSPS) is 11.2. The first-order valence-corrected chi connectivity index (χ1v) is 3.96. The maximum atomic E-state index is 12.1. The predicted octanol–water partition coefficient (Wildman–Crippen LogP) is 1.75. The fourth-order valence-electron chi connectivity index (χ4n) is 1.05. The molecule has 1 aromatic rings. The summed E-state index contributed by atoms with van der Waals surface area (Å²) in [5, 5.41) is 28.3. The average Bonchev–Trinajstić information content (AvgIpc) is 2.14. The number of ketones is 1. The third-order valence-electron chi connectivity index (χ3n) is 1.79. The van der Waals surface area contributed by atoms with Crippen molar-refractivity contribution in [2.75, 3.05) is 0 Å². The van der Waals surface area contributed by atoms with Gasteiger partial charge in [0.15, 0.2) is 5.75 Å². The summed E-state index contributed by atoms with van der Waals surface area (Å²) in [6, 6.07) is 0.470. The number of benzene rings is 1. The molecule has 0 fully saturated rings. The zero-order chi connectivity index (χ0) is 13.4. The lowest BCUT2D eigenvalue weighted by Gasteiger charge is -2.07. The number of carbonyl (C=O) groups is 1. The summed E-state index contributed by atoms with van der Waals surface area (Å²) < 4.78 is 36.2. The molecule has 0 atom stereocenters. The minimum Gasteiger partial charge on any atom is -0.507 e. The molecule has 0 heterocycles. The minimum atomic E-state index is -5.28. The fraction of sp³-hybridized carbons (Fsp3) is 0.125. The van der Waals surface area contributed by atoms with Gasteiger partial charge in [0.1, 0.15) is 5.75 Å². The Balaban J connectivity index is 3.40. The van der Waals surface area contributed by atoms with Gasteiger partial charge in [-0.1, -0.05) is 0 Å². The molecule has 0 aromatic heterocycles. The molecule has 1 aromatic carbocycles. The van der Waals surface area contributed by atoms with Crippen molar-refractivity contribution >= 4 is 11.5 Å². The van der Waals surface area contributed by atoms with Crippen LogP contribution in [0.3, 0.4) is 0 Å². The van der Waals surface area contributed by atoms with Crippen molar-refractivity contribution in [2.24, 2.45) is 0 Å². The molecule has 0 saturated heterocycles. The van der Waals surface area contributed by atoms with E-state index in [0.29, 0.717) is 6.07 Å².